The summed E-state index contributed by atoms with van der Waals surface area (Å²) >= 11 is 7.11. The van der Waals surface area contributed by atoms with E-state index in [1.807, 2.05) is 6.92 Å². The number of nitrogens with one attached hydrogen (secondary N) is 1. The van der Waals surface area contributed by atoms with E-state index < -0.39 is 6.04 Å². The molecule has 0 aliphatic rings. The molecular formula is C10H11ClN4OS. The Morgan fingerprint density at radius 2 is 2.35 bits per heavy atom. The van der Waals surface area contributed by atoms with Crippen LogP contribution in [0.2, 0.25) is 5.02 Å². The SMILES string of the molecule is CC[C@H](N)C(=O)Nc1c(Cl)ccc2nsnc12. The Labute approximate surface area is 107 Å². The highest BCUT2D eigenvalue weighted by molar-refractivity contribution is 7.00. The third-order valence-electron chi connectivity index (χ3n) is 2.40. The van der Waals surface area contributed by atoms with Crippen LogP contribution in [-0.2, 0) is 4.79 Å². The van der Waals surface area contributed by atoms with Crippen LogP contribution in [0.25, 0.3) is 11.0 Å². The molecule has 0 saturated carbocycles. The van der Waals surface area contributed by atoms with Crippen LogP contribution in [0.1, 0.15) is 13.3 Å². The molecule has 7 heteroatoms. The molecule has 5 nitrogen and oxygen atoms in total. The summed E-state index contributed by atoms with van der Waals surface area (Å²) < 4.78 is 8.19. The predicted molar refractivity (Wildman–Crippen MR) is 69.3 cm³/mol. The second-order valence-corrected chi connectivity index (χ2v) is 4.49. The minimum Gasteiger partial charge on any atom is -0.322 e. The van der Waals surface area contributed by atoms with Crippen LogP contribution in [0.3, 0.4) is 0 Å². The minimum absolute atomic E-state index is 0.269. The number of nitrogens with zero attached hydrogens (tertiary/aromatic N) is 2. The van der Waals surface area contributed by atoms with Gasteiger partial charge in [0.15, 0.2) is 0 Å². The van der Waals surface area contributed by atoms with Crippen molar-refractivity contribution >= 4 is 46.0 Å². The lowest BCUT2D eigenvalue weighted by molar-refractivity contribution is -0.117. The van der Waals surface area contributed by atoms with Crippen LogP contribution >= 0.6 is 23.3 Å². The first-order valence-electron chi connectivity index (χ1n) is 5.10. The number of benzene rings is 1. The fraction of sp³-hybridized carbons (Fsp3) is 0.300. The molecule has 2 aromatic rings. The van der Waals surface area contributed by atoms with E-state index in [9.17, 15) is 4.79 Å². The zero-order valence-electron chi connectivity index (χ0n) is 9.11. The van der Waals surface area contributed by atoms with Gasteiger partial charge in [0.25, 0.3) is 0 Å². The second kappa shape index (κ2) is 4.95. The van der Waals surface area contributed by atoms with E-state index in [2.05, 4.69) is 14.1 Å². The maximum Gasteiger partial charge on any atom is 0.241 e. The molecule has 90 valence electrons. The number of hydrogen-bond acceptors (Lipinski definition) is 5. The van der Waals surface area contributed by atoms with Crippen molar-refractivity contribution in [2.75, 3.05) is 5.32 Å². The highest BCUT2D eigenvalue weighted by atomic mass is 35.5. The molecular weight excluding hydrogens is 260 g/mol. The molecule has 0 fully saturated rings. The summed E-state index contributed by atoms with van der Waals surface area (Å²) in [6.07, 6.45) is 0.564. The Morgan fingerprint density at radius 3 is 3.06 bits per heavy atom. The van der Waals surface area contributed by atoms with Crippen LogP contribution in [0, 0.1) is 0 Å². The molecule has 0 radical (unpaired) electrons. The van der Waals surface area contributed by atoms with Gasteiger partial charge in [0.05, 0.1) is 28.5 Å². The monoisotopic (exact) mass is 270 g/mol. The summed E-state index contributed by atoms with van der Waals surface area (Å²) in [5.41, 5.74) is 7.43. The second-order valence-electron chi connectivity index (χ2n) is 3.56. The maximum absolute atomic E-state index is 11.7. The summed E-state index contributed by atoms with van der Waals surface area (Å²) in [5.74, 6) is -0.269. The van der Waals surface area contributed by atoms with Gasteiger partial charge in [-0.1, -0.05) is 18.5 Å². The van der Waals surface area contributed by atoms with E-state index in [0.29, 0.717) is 28.2 Å². The zero-order valence-corrected chi connectivity index (χ0v) is 10.7. The number of carbonyl (C=O) groups excluding carboxylic acids is 1. The first kappa shape index (κ1) is 12.2. The molecule has 1 aromatic heterocycles. The van der Waals surface area contributed by atoms with E-state index in [4.69, 9.17) is 17.3 Å². The molecule has 0 unspecified atom stereocenters. The van der Waals surface area contributed by atoms with Crippen molar-refractivity contribution in [3.63, 3.8) is 0 Å². The Balaban J connectivity index is 2.37. The third kappa shape index (κ3) is 2.38. The number of carbonyl (C=O) groups is 1. The molecule has 1 heterocycles. The molecule has 0 aliphatic carbocycles. The highest BCUT2D eigenvalue weighted by Gasteiger charge is 2.16. The Bertz CT molecular complexity index is 556. The summed E-state index contributed by atoms with van der Waals surface area (Å²) in [5, 5.41) is 3.13. The lowest BCUT2D eigenvalue weighted by atomic mass is 10.2. The number of aromatic nitrogens is 2. The number of halogens is 1. The summed E-state index contributed by atoms with van der Waals surface area (Å²) in [6.45, 7) is 1.84. The van der Waals surface area contributed by atoms with Gasteiger partial charge < -0.3 is 11.1 Å². The topological polar surface area (TPSA) is 80.9 Å². The van der Waals surface area contributed by atoms with Crippen molar-refractivity contribution in [3.05, 3.63) is 17.2 Å². The Kier molecular flexibility index (Phi) is 3.56. The van der Waals surface area contributed by atoms with Gasteiger partial charge in [-0.3, -0.25) is 4.79 Å². The molecule has 1 atom stereocenters. The van der Waals surface area contributed by atoms with Crippen molar-refractivity contribution in [3.8, 4) is 0 Å². The number of rotatable bonds is 3. The molecule has 0 saturated heterocycles. The molecule has 0 bridgehead atoms. The van der Waals surface area contributed by atoms with E-state index in [1.165, 1.54) is 0 Å². The summed E-state index contributed by atoms with van der Waals surface area (Å²) in [7, 11) is 0. The average Bonchev–Trinajstić information content (AvgIpc) is 2.80. The van der Waals surface area contributed by atoms with Crippen LogP contribution in [0.4, 0.5) is 5.69 Å². The number of anilines is 1. The van der Waals surface area contributed by atoms with Crippen LogP contribution in [0.5, 0.6) is 0 Å². The average molecular weight is 271 g/mol. The van der Waals surface area contributed by atoms with Crippen molar-refractivity contribution in [2.45, 2.75) is 19.4 Å². The minimum atomic E-state index is -0.548. The molecule has 17 heavy (non-hydrogen) atoms. The lowest BCUT2D eigenvalue weighted by Crippen LogP contribution is -2.34. The lowest BCUT2D eigenvalue weighted by Gasteiger charge is -2.11. The van der Waals surface area contributed by atoms with E-state index in [1.54, 1.807) is 12.1 Å². The smallest absolute Gasteiger partial charge is 0.241 e. The predicted octanol–water partition coefficient (Wildman–Crippen LogP) is 2.02. The molecule has 2 rings (SSSR count). The summed E-state index contributed by atoms with van der Waals surface area (Å²) in [4.78, 5) is 11.7. The maximum atomic E-state index is 11.7. The Morgan fingerprint density at radius 1 is 1.59 bits per heavy atom. The molecule has 1 amide bonds. The number of nitrogens with two attached hydrogens (primary N) is 1. The van der Waals surface area contributed by atoms with Crippen molar-refractivity contribution in [1.29, 1.82) is 0 Å². The van der Waals surface area contributed by atoms with Gasteiger partial charge >= 0.3 is 0 Å². The Hall–Kier alpha value is -1.24. The standard InChI is InChI=1S/C10H11ClN4OS/c1-2-6(12)10(16)13-8-5(11)3-4-7-9(8)15-17-14-7/h3-4,6H,2,12H2,1H3,(H,13,16)/t6-/m0/s1. The van der Waals surface area contributed by atoms with Crippen LogP contribution < -0.4 is 11.1 Å². The van der Waals surface area contributed by atoms with Gasteiger partial charge in [-0.05, 0) is 18.6 Å². The number of amides is 1. The van der Waals surface area contributed by atoms with E-state index >= 15 is 0 Å². The molecule has 3 N–H and O–H groups in total. The summed E-state index contributed by atoms with van der Waals surface area (Å²) in [6, 6.07) is 2.89. The fourth-order valence-electron chi connectivity index (χ4n) is 1.35. The molecule has 0 aliphatic heterocycles. The van der Waals surface area contributed by atoms with Crippen LogP contribution in [0.15, 0.2) is 12.1 Å². The number of hydrogen-bond donors (Lipinski definition) is 2. The van der Waals surface area contributed by atoms with Gasteiger partial charge in [-0.25, -0.2) is 0 Å². The first-order chi connectivity index (χ1) is 8.13. The molecule has 1 aromatic carbocycles. The quantitative estimate of drug-likeness (QED) is 0.894. The van der Waals surface area contributed by atoms with Gasteiger partial charge in [-0.15, -0.1) is 0 Å². The fourth-order valence-corrected chi connectivity index (χ4v) is 2.09. The van der Waals surface area contributed by atoms with Crippen molar-refractivity contribution < 1.29 is 4.79 Å². The number of fused-ring (bicyclic) bond motifs is 1. The normalized spacial score (nSPS) is 12.6. The zero-order chi connectivity index (χ0) is 12.4. The van der Waals surface area contributed by atoms with Gasteiger partial charge in [0.2, 0.25) is 5.91 Å². The van der Waals surface area contributed by atoms with Gasteiger partial charge in [-0.2, -0.15) is 8.75 Å². The highest BCUT2D eigenvalue weighted by Crippen LogP contribution is 2.29. The van der Waals surface area contributed by atoms with Crippen molar-refractivity contribution in [1.82, 2.24) is 8.75 Å². The third-order valence-corrected chi connectivity index (χ3v) is 3.26. The van der Waals surface area contributed by atoms with E-state index in [0.717, 1.165) is 11.7 Å². The van der Waals surface area contributed by atoms with Gasteiger partial charge in [0.1, 0.15) is 11.0 Å². The van der Waals surface area contributed by atoms with Crippen LogP contribution in [-0.4, -0.2) is 20.7 Å². The van der Waals surface area contributed by atoms with Crippen molar-refractivity contribution in [2.24, 2.45) is 5.73 Å². The molecule has 0 spiro atoms. The largest absolute Gasteiger partial charge is 0.322 e. The van der Waals surface area contributed by atoms with Gasteiger partial charge in [0, 0.05) is 0 Å². The first-order valence-corrected chi connectivity index (χ1v) is 6.21. The van der Waals surface area contributed by atoms with E-state index in [-0.39, 0.29) is 5.91 Å².